The van der Waals surface area contributed by atoms with Crippen LogP contribution in [-0.4, -0.2) is 32.1 Å². The first-order valence-electron chi connectivity index (χ1n) is 7.07. The van der Waals surface area contributed by atoms with Crippen LogP contribution < -0.4 is 15.0 Å². The molecule has 4 nitrogen and oxygen atoms in total. The molecule has 2 heterocycles. The van der Waals surface area contributed by atoms with Crippen LogP contribution in [0.2, 0.25) is 0 Å². The van der Waals surface area contributed by atoms with E-state index in [4.69, 9.17) is 4.74 Å². The summed E-state index contributed by atoms with van der Waals surface area (Å²) >= 11 is 0. The second kappa shape index (κ2) is 6.95. The maximum Gasteiger partial charge on any atom is 0.227 e. The second-order valence-electron chi connectivity index (χ2n) is 5.26. The number of carbonyl (C=O) groups excluding carboxylic acids is 1. The number of hydrogen-bond acceptors (Lipinski definition) is 3. The summed E-state index contributed by atoms with van der Waals surface area (Å²) in [6, 6.07) is 7.78. The molecule has 0 aliphatic carbocycles. The van der Waals surface area contributed by atoms with Crippen LogP contribution in [0.4, 0.5) is 5.69 Å². The van der Waals surface area contributed by atoms with Crippen LogP contribution in [0.15, 0.2) is 24.3 Å². The lowest BCUT2D eigenvalue weighted by Gasteiger charge is -2.29. The van der Waals surface area contributed by atoms with Crippen molar-refractivity contribution in [3.8, 4) is 5.75 Å². The van der Waals surface area contributed by atoms with Gasteiger partial charge >= 0.3 is 0 Å². The fourth-order valence-corrected chi connectivity index (χ4v) is 2.85. The Labute approximate surface area is 125 Å². The van der Waals surface area contributed by atoms with Crippen LogP contribution in [0.5, 0.6) is 5.75 Å². The van der Waals surface area contributed by atoms with E-state index in [1.54, 1.807) is 0 Å². The molecule has 0 aromatic heterocycles. The molecule has 0 radical (unpaired) electrons. The topological polar surface area (TPSA) is 41.6 Å². The van der Waals surface area contributed by atoms with E-state index in [1.807, 2.05) is 29.2 Å². The van der Waals surface area contributed by atoms with Crippen LogP contribution in [-0.2, 0) is 4.79 Å². The van der Waals surface area contributed by atoms with Crippen molar-refractivity contribution in [1.29, 1.82) is 0 Å². The predicted octanol–water partition coefficient (Wildman–Crippen LogP) is 2.22. The van der Waals surface area contributed by atoms with Crippen LogP contribution in [0.3, 0.4) is 0 Å². The van der Waals surface area contributed by atoms with Gasteiger partial charge in [0.1, 0.15) is 12.4 Å². The number of para-hydroxylation sites is 2. The molecule has 110 valence electrons. The molecule has 2 aliphatic heterocycles. The molecular formula is C15H21ClN2O2. The van der Waals surface area contributed by atoms with Crippen molar-refractivity contribution in [3.63, 3.8) is 0 Å². The number of amides is 1. The third-order valence-electron chi connectivity index (χ3n) is 3.96. The Balaban J connectivity index is 0.00000147. The number of anilines is 1. The molecule has 0 saturated carbocycles. The van der Waals surface area contributed by atoms with Crippen LogP contribution in [0.1, 0.15) is 19.3 Å². The second-order valence-corrected chi connectivity index (χ2v) is 5.26. The van der Waals surface area contributed by atoms with E-state index in [-0.39, 0.29) is 18.3 Å². The highest BCUT2D eigenvalue weighted by atomic mass is 35.5. The molecular weight excluding hydrogens is 276 g/mol. The molecule has 20 heavy (non-hydrogen) atoms. The van der Waals surface area contributed by atoms with Crippen molar-refractivity contribution >= 4 is 24.0 Å². The number of fused-ring (bicyclic) bond motifs is 1. The van der Waals surface area contributed by atoms with Gasteiger partial charge in [-0.25, -0.2) is 0 Å². The third kappa shape index (κ3) is 3.25. The Morgan fingerprint density at radius 3 is 3.05 bits per heavy atom. The van der Waals surface area contributed by atoms with Crippen molar-refractivity contribution in [2.75, 3.05) is 31.1 Å². The maximum absolute atomic E-state index is 12.4. The highest BCUT2D eigenvalue weighted by Crippen LogP contribution is 2.31. The minimum atomic E-state index is 0. The van der Waals surface area contributed by atoms with E-state index in [9.17, 15) is 4.79 Å². The summed E-state index contributed by atoms with van der Waals surface area (Å²) in [6.45, 7) is 3.42. The van der Waals surface area contributed by atoms with Gasteiger partial charge < -0.3 is 15.0 Å². The summed E-state index contributed by atoms with van der Waals surface area (Å²) in [5.74, 6) is 1.72. The highest BCUT2D eigenvalue weighted by molar-refractivity contribution is 5.95. The van der Waals surface area contributed by atoms with Gasteiger partial charge in [-0.2, -0.15) is 0 Å². The molecule has 5 heteroatoms. The average molecular weight is 297 g/mol. The third-order valence-corrected chi connectivity index (χ3v) is 3.96. The maximum atomic E-state index is 12.4. The van der Waals surface area contributed by atoms with Gasteiger partial charge in [-0.05, 0) is 44.0 Å². The Hall–Kier alpha value is -1.26. The molecule has 1 fully saturated rings. The first kappa shape index (κ1) is 15.1. The number of nitrogens with zero attached hydrogens (tertiary/aromatic N) is 1. The summed E-state index contributed by atoms with van der Waals surface area (Å²) in [7, 11) is 0. The average Bonchev–Trinajstić information content (AvgIpc) is 2.97. The van der Waals surface area contributed by atoms with Crippen molar-refractivity contribution in [2.45, 2.75) is 19.3 Å². The van der Waals surface area contributed by atoms with Crippen LogP contribution in [0, 0.1) is 5.92 Å². The van der Waals surface area contributed by atoms with Gasteiger partial charge in [0.15, 0.2) is 0 Å². The standard InChI is InChI=1S/C15H20N2O2.ClH/c18-15(6-5-12-7-8-16-11-12)17-9-10-19-14-4-2-1-3-13(14)17;/h1-4,12,16H,5-11H2;1H. The van der Waals surface area contributed by atoms with Gasteiger partial charge in [0.2, 0.25) is 5.91 Å². The monoisotopic (exact) mass is 296 g/mol. The molecule has 1 saturated heterocycles. The normalized spacial score (nSPS) is 20.8. The van der Waals surface area contributed by atoms with Crippen molar-refractivity contribution in [2.24, 2.45) is 5.92 Å². The number of carbonyl (C=O) groups is 1. The smallest absolute Gasteiger partial charge is 0.227 e. The summed E-state index contributed by atoms with van der Waals surface area (Å²) in [5.41, 5.74) is 0.920. The largest absolute Gasteiger partial charge is 0.490 e. The van der Waals surface area contributed by atoms with Gasteiger partial charge in [-0.1, -0.05) is 12.1 Å². The lowest BCUT2D eigenvalue weighted by Crippen LogP contribution is -2.38. The molecule has 2 aliphatic rings. The zero-order chi connectivity index (χ0) is 13.1. The van der Waals surface area contributed by atoms with Crippen molar-refractivity contribution < 1.29 is 9.53 Å². The van der Waals surface area contributed by atoms with E-state index in [0.717, 1.165) is 30.9 Å². The molecule has 1 aromatic carbocycles. The van der Waals surface area contributed by atoms with E-state index in [2.05, 4.69) is 5.32 Å². The fraction of sp³-hybridized carbons (Fsp3) is 0.533. The lowest BCUT2D eigenvalue weighted by atomic mass is 10.0. The summed E-state index contributed by atoms with van der Waals surface area (Å²) < 4.78 is 5.58. The molecule has 3 rings (SSSR count). The van der Waals surface area contributed by atoms with E-state index < -0.39 is 0 Å². The van der Waals surface area contributed by atoms with Crippen molar-refractivity contribution in [1.82, 2.24) is 5.32 Å². The van der Waals surface area contributed by atoms with Crippen molar-refractivity contribution in [3.05, 3.63) is 24.3 Å². The number of benzene rings is 1. The zero-order valence-electron chi connectivity index (χ0n) is 11.5. The molecule has 0 bridgehead atoms. The molecule has 0 spiro atoms. The quantitative estimate of drug-likeness (QED) is 0.930. The Kier molecular flexibility index (Phi) is 5.26. The Morgan fingerprint density at radius 2 is 2.25 bits per heavy atom. The van der Waals surface area contributed by atoms with E-state index in [1.165, 1.54) is 6.42 Å². The van der Waals surface area contributed by atoms with Gasteiger partial charge in [0, 0.05) is 6.42 Å². The summed E-state index contributed by atoms with van der Waals surface area (Å²) in [6.07, 6.45) is 2.83. The number of hydrogen-bond donors (Lipinski definition) is 1. The number of rotatable bonds is 3. The molecule has 1 unspecified atom stereocenters. The number of ether oxygens (including phenoxy) is 1. The summed E-state index contributed by atoms with van der Waals surface area (Å²) in [4.78, 5) is 14.2. The minimum absolute atomic E-state index is 0. The Morgan fingerprint density at radius 1 is 1.40 bits per heavy atom. The SMILES string of the molecule is Cl.O=C(CCC1CCNC1)N1CCOc2ccccc21. The summed E-state index contributed by atoms with van der Waals surface area (Å²) in [5, 5.41) is 3.35. The molecule has 1 aromatic rings. The van der Waals surface area contributed by atoms with Crippen LogP contribution in [0.25, 0.3) is 0 Å². The number of halogens is 1. The van der Waals surface area contributed by atoms with Gasteiger partial charge in [0.05, 0.1) is 12.2 Å². The highest BCUT2D eigenvalue weighted by Gasteiger charge is 2.24. The fourth-order valence-electron chi connectivity index (χ4n) is 2.85. The molecule has 1 atom stereocenters. The lowest BCUT2D eigenvalue weighted by molar-refractivity contribution is -0.119. The molecule has 1 N–H and O–H groups in total. The first-order chi connectivity index (χ1) is 9.34. The first-order valence-corrected chi connectivity index (χ1v) is 7.07. The van der Waals surface area contributed by atoms with Gasteiger partial charge in [-0.3, -0.25) is 4.79 Å². The molecule has 1 amide bonds. The number of nitrogens with one attached hydrogen (secondary N) is 1. The van der Waals surface area contributed by atoms with E-state index in [0.29, 0.717) is 25.5 Å². The predicted molar refractivity (Wildman–Crippen MR) is 81.7 cm³/mol. The van der Waals surface area contributed by atoms with Crippen LogP contribution >= 0.6 is 12.4 Å². The zero-order valence-corrected chi connectivity index (χ0v) is 12.3. The van der Waals surface area contributed by atoms with E-state index >= 15 is 0 Å². The van der Waals surface area contributed by atoms with Gasteiger partial charge in [0.25, 0.3) is 0 Å². The van der Waals surface area contributed by atoms with Gasteiger partial charge in [-0.15, -0.1) is 12.4 Å². The minimum Gasteiger partial charge on any atom is -0.490 e. The Bertz CT molecular complexity index is 461.